The summed E-state index contributed by atoms with van der Waals surface area (Å²) >= 11 is 5.69. The summed E-state index contributed by atoms with van der Waals surface area (Å²) < 4.78 is 11.3. The zero-order chi connectivity index (χ0) is 17.1. The Bertz CT molecular complexity index is 653. The minimum absolute atomic E-state index is 0.0887. The fourth-order valence-electron chi connectivity index (χ4n) is 2.82. The van der Waals surface area contributed by atoms with Gasteiger partial charge in [0, 0.05) is 19.0 Å². The van der Waals surface area contributed by atoms with Gasteiger partial charge in [0.05, 0.1) is 18.5 Å². The summed E-state index contributed by atoms with van der Waals surface area (Å²) in [6.07, 6.45) is 5.31. The first kappa shape index (κ1) is 17.0. The molecule has 0 radical (unpaired) electrons. The smallest absolute Gasteiger partial charge is 0.324 e. The second-order valence-electron chi connectivity index (χ2n) is 6.43. The van der Waals surface area contributed by atoms with Crippen LogP contribution in [0.4, 0.5) is 6.01 Å². The van der Waals surface area contributed by atoms with Crippen molar-refractivity contribution in [2.75, 3.05) is 18.0 Å². The molecule has 8 heteroatoms. The Kier molecular flexibility index (Phi) is 5.18. The Balaban J connectivity index is 1.53. The van der Waals surface area contributed by atoms with Crippen LogP contribution in [0, 0.1) is 5.92 Å². The molecule has 0 amide bonds. The van der Waals surface area contributed by atoms with Crippen LogP contribution in [0.3, 0.4) is 0 Å². The molecule has 0 saturated carbocycles. The fourth-order valence-corrected chi connectivity index (χ4v) is 2.92. The van der Waals surface area contributed by atoms with Crippen LogP contribution in [-0.4, -0.2) is 39.3 Å². The van der Waals surface area contributed by atoms with Crippen LogP contribution >= 0.6 is 11.6 Å². The van der Waals surface area contributed by atoms with E-state index in [0.717, 1.165) is 31.8 Å². The van der Waals surface area contributed by atoms with Crippen LogP contribution in [0.15, 0.2) is 16.9 Å². The number of hydrogen-bond acceptors (Lipinski definition) is 7. The van der Waals surface area contributed by atoms with E-state index in [2.05, 4.69) is 45.8 Å². The SMILES string of the molecule is CC(C)c1noc(N2CCC([C@H](C)Oc3cnc(Cl)nc3)CC2)n1. The van der Waals surface area contributed by atoms with E-state index in [4.69, 9.17) is 20.9 Å². The molecule has 0 spiro atoms. The number of aromatic nitrogens is 4. The second kappa shape index (κ2) is 7.34. The third-order valence-corrected chi connectivity index (χ3v) is 4.54. The number of ether oxygens (including phenoxy) is 1. The highest BCUT2D eigenvalue weighted by atomic mass is 35.5. The minimum atomic E-state index is 0.0887. The van der Waals surface area contributed by atoms with Crippen molar-refractivity contribution in [2.24, 2.45) is 5.92 Å². The first-order valence-corrected chi connectivity index (χ1v) is 8.63. The van der Waals surface area contributed by atoms with Gasteiger partial charge in [0.15, 0.2) is 11.6 Å². The maximum atomic E-state index is 5.93. The number of anilines is 1. The van der Waals surface area contributed by atoms with Crippen LogP contribution in [-0.2, 0) is 0 Å². The Hall–Kier alpha value is -1.89. The topological polar surface area (TPSA) is 77.2 Å². The van der Waals surface area contributed by atoms with Crippen molar-refractivity contribution in [2.45, 2.75) is 45.6 Å². The quantitative estimate of drug-likeness (QED) is 0.764. The molecule has 1 aliphatic heterocycles. The molecule has 24 heavy (non-hydrogen) atoms. The summed E-state index contributed by atoms with van der Waals surface area (Å²) in [5, 5.41) is 4.26. The highest BCUT2D eigenvalue weighted by Gasteiger charge is 2.27. The summed E-state index contributed by atoms with van der Waals surface area (Å²) in [5.74, 6) is 2.14. The van der Waals surface area contributed by atoms with Crippen molar-refractivity contribution in [1.29, 1.82) is 0 Å². The number of rotatable bonds is 5. The largest absolute Gasteiger partial charge is 0.487 e. The van der Waals surface area contributed by atoms with Crippen molar-refractivity contribution in [3.63, 3.8) is 0 Å². The van der Waals surface area contributed by atoms with Gasteiger partial charge in [0.2, 0.25) is 5.28 Å². The molecular formula is C16H22ClN5O2. The van der Waals surface area contributed by atoms with E-state index in [1.54, 1.807) is 12.4 Å². The molecule has 1 fully saturated rings. The van der Waals surface area contributed by atoms with Gasteiger partial charge in [-0.2, -0.15) is 4.98 Å². The molecule has 0 unspecified atom stereocenters. The molecule has 2 aromatic rings. The summed E-state index contributed by atoms with van der Waals surface area (Å²) in [7, 11) is 0. The van der Waals surface area contributed by atoms with Gasteiger partial charge in [-0.1, -0.05) is 19.0 Å². The number of halogens is 1. The highest BCUT2D eigenvalue weighted by Crippen LogP contribution is 2.27. The fraction of sp³-hybridized carbons (Fsp3) is 0.625. The summed E-state index contributed by atoms with van der Waals surface area (Å²) in [6, 6.07) is 0.622. The van der Waals surface area contributed by atoms with Crippen LogP contribution in [0.1, 0.15) is 45.4 Å². The van der Waals surface area contributed by atoms with E-state index in [9.17, 15) is 0 Å². The molecule has 0 aromatic carbocycles. The zero-order valence-corrected chi connectivity index (χ0v) is 14.9. The van der Waals surface area contributed by atoms with Gasteiger partial charge in [-0.15, -0.1) is 0 Å². The first-order chi connectivity index (χ1) is 11.5. The Labute approximate surface area is 146 Å². The lowest BCUT2D eigenvalue weighted by Crippen LogP contribution is -2.38. The average Bonchev–Trinajstić information content (AvgIpc) is 3.07. The number of piperidine rings is 1. The van der Waals surface area contributed by atoms with E-state index in [1.165, 1.54) is 0 Å². The molecule has 0 N–H and O–H groups in total. The third-order valence-electron chi connectivity index (χ3n) is 4.34. The monoisotopic (exact) mass is 351 g/mol. The van der Waals surface area contributed by atoms with Crippen LogP contribution in [0.25, 0.3) is 0 Å². The van der Waals surface area contributed by atoms with E-state index in [0.29, 0.717) is 17.7 Å². The molecule has 1 aliphatic rings. The molecule has 3 heterocycles. The Morgan fingerprint density at radius 2 is 1.88 bits per heavy atom. The van der Waals surface area contributed by atoms with Gasteiger partial charge >= 0.3 is 6.01 Å². The van der Waals surface area contributed by atoms with E-state index < -0.39 is 0 Å². The molecule has 0 bridgehead atoms. The van der Waals surface area contributed by atoms with Crippen molar-refractivity contribution in [3.05, 3.63) is 23.5 Å². The number of nitrogens with zero attached hydrogens (tertiary/aromatic N) is 5. The number of hydrogen-bond donors (Lipinski definition) is 0. The summed E-state index contributed by atoms with van der Waals surface area (Å²) in [5.41, 5.74) is 0. The van der Waals surface area contributed by atoms with Crippen molar-refractivity contribution < 1.29 is 9.26 Å². The van der Waals surface area contributed by atoms with Crippen LogP contribution in [0.5, 0.6) is 5.75 Å². The predicted octanol–water partition coefficient (Wildman–Crippen LogP) is 3.32. The summed E-state index contributed by atoms with van der Waals surface area (Å²) in [4.78, 5) is 14.5. The van der Waals surface area contributed by atoms with Gasteiger partial charge < -0.3 is 14.2 Å². The predicted molar refractivity (Wildman–Crippen MR) is 90.5 cm³/mol. The maximum absolute atomic E-state index is 5.93. The lowest BCUT2D eigenvalue weighted by molar-refractivity contribution is 0.131. The molecule has 1 atom stereocenters. The zero-order valence-electron chi connectivity index (χ0n) is 14.1. The normalized spacial score (nSPS) is 17.3. The van der Waals surface area contributed by atoms with Crippen molar-refractivity contribution in [1.82, 2.24) is 20.1 Å². The molecule has 2 aromatic heterocycles. The molecule has 130 valence electrons. The standard InChI is InChI=1S/C16H22ClN5O2/c1-10(2)14-20-16(24-21-14)22-6-4-12(5-7-22)11(3)23-13-8-18-15(17)19-9-13/h8-12H,4-7H2,1-3H3/t11-/m0/s1. The van der Waals surface area contributed by atoms with E-state index >= 15 is 0 Å². The van der Waals surface area contributed by atoms with E-state index in [1.807, 2.05) is 0 Å². The highest BCUT2D eigenvalue weighted by molar-refractivity contribution is 6.28. The maximum Gasteiger partial charge on any atom is 0.324 e. The molecule has 7 nitrogen and oxygen atoms in total. The molecule has 3 rings (SSSR count). The van der Waals surface area contributed by atoms with Crippen molar-refractivity contribution in [3.8, 4) is 5.75 Å². The Morgan fingerprint density at radius 3 is 2.46 bits per heavy atom. The lowest BCUT2D eigenvalue weighted by atomic mass is 9.92. The minimum Gasteiger partial charge on any atom is -0.487 e. The summed E-state index contributed by atoms with van der Waals surface area (Å²) in [6.45, 7) is 7.96. The van der Waals surface area contributed by atoms with Crippen LogP contribution in [0.2, 0.25) is 5.28 Å². The van der Waals surface area contributed by atoms with Gasteiger partial charge in [-0.3, -0.25) is 0 Å². The van der Waals surface area contributed by atoms with Gasteiger partial charge in [-0.05, 0) is 37.3 Å². The first-order valence-electron chi connectivity index (χ1n) is 8.25. The van der Waals surface area contributed by atoms with Gasteiger partial charge in [0.1, 0.15) is 0 Å². The van der Waals surface area contributed by atoms with Crippen molar-refractivity contribution >= 4 is 17.6 Å². The Morgan fingerprint density at radius 1 is 1.21 bits per heavy atom. The average molecular weight is 352 g/mol. The molecule has 1 saturated heterocycles. The molecule has 0 aliphatic carbocycles. The molecular weight excluding hydrogens is 330 g/mol. The van der Waals surface area contributed by atoms with E-state index in [-0.39, 0.29) is 17.3 Å². The lowest BCUT2D eigenvalue weighted by Gasteiger charge is -2.33. The van der Waals surface area contributed by atoms with Crippen LogP contribution < -0.4 is 9.64 Å². The second-order valence-corrected chi connectivity index (χ2v) is 6.76. The van der Waals surface area contributed by atoms with Gasteiger partial charge in [-0.25, -0.2) is 9.97 Å². The van der Waals surface area contributed by atoms with Gasteiger partial charge in [0.25, 0.3) is 0 Å². The third kappa shape index (κ3) is 3.95.